The summed E-state index contributed by atoms with van der Waals surface area (Å²) in [5, 5.41) is 3.84. The van der Waals surface area contributed by atoms with Gasteiger partial charge in [-0.1, -0.05) is 11.6 Å². The minimum Gasteiger partial charge on any atom is -0.444 e. The first-order chi connectivity index (χ1) is 12.3. The zero-order valence-electron chi connectivity index (χ0n) is 15.9. The number of hydrogen-bond donors (Lipinski definition) is 1. The van der Waals surface area contributed by atoms with Crippen LogP contribution in [0, 0.1) is 11.8 Å². The number of hydrogen-bond acceptors (Lipinski definition) is 5. The average molecular weight is 381 g/mol. The van der Waals surface area contributed by atoms with Gasteiger partial charge in [-0.05, 0) is 77.4 Å². The summed E-state index contributed by atoms with van der Waals surface area (Å²) in [6.07, 6.45) is 5.51. The monoisotopic (exact) mass is 380 g/mol. The van der Waals surface area contributed by atoms with Gasteiger partial charge in [-0.3, -0.25) is 4.90 Å². The number of ether oxygens (including phenoxy) is 1. The zero-order valence-corrected chi connectivity index (χ0v) is 16.6. The van der Waals surface area contributed by atoms with Crippen LogP contribution in [0.2, 0.25) is 5.15 Å². The van der Waals surface area contributed by atoms with E-state index in [1.165, 1.54) is 19.2 Å². The first-order valence-electron chi connectivity index (χ1n) is 9.51. The van der Waals surface area contributed by atoms with E-state index in [-0.39, 0.29) is 12.1 Å². The van der Waals surface area contributed by atoms with Crippen LogP contribution >= 0.6 is 11.6 Å². The van der Waals surface area contributed by atoms with Gasteiger partial charge in [-0.2, -0.15) is 0 Å². The molecule has 7 heteroatoms. The van der Waals surface area contributed by atoms with E-state index >= 15 is 0 Å². The number of carbonyl (C=O) groups is 1. The molecule has 2 aliphatic rings. The van der Waals surface area contributed by atoms with Gasteiger partial charge >= 0.3 is 6.09 Å². The van der Waals surface area contributed by atoms with Gasteiger partial charge in [-0.25, -0.2) is 14.8 Å². The fourth-order valence-electron chi connectivity index (χ4n) is 4.09. The van der Waals surface area contributed by atoms with Crippen molar-refractivity contribution in [2.45, 2.75) is 58.1 Å². The average Bonchev–Trinajstić information content (AvgIpc) is 2.60. The highest BCUT2D eigenvalue weighted by molar-refractivity contribution is 6.29. The SMILES string of the molecule is CC(C)(C)OC(=O)N1CCC(C2CCNCC2)C[C@@H]1c1cc(Cl)ncn1. The lowest BCUT2D eigenvalue weighted by Gasteiger charge is -2.43. The van der Waals surface area contributed by atoms with Gasteiger partial charge in [0.05, 0.1) is 11.7 Å². The minimum absolute atomic E-state index is 0.112. The summed E-state index contributed by atoms with van der Waals surface area (Å²) in [6.45, 7) is 8.54. The third-order valence-electron chi connectivity index (χ3n) is 5.32. The Morgan fingerprint density at radius 2 is 1.96 bits per heavy atom. The molecule has 0 bridgehead atoms. The molecule has 2 saturated heterocycles. The highest BCUT2D eigenvalue weighted by atomic mass is 35.5. The van der Waals surface area contributed by atoms with Gasteiger partial charge in [0.15, 0.2) is 0 Å². The van der Waals surface area contributed by atoms with E-state index in [9.17, 15) is 4.79 Å². The van der Waals surface area contributed by atoms with Gasteiger partial charge in [0, 0.05) is 6.54 Å². The summed E-state index contributed by atoms with van der Waals surface area (Å²) < 4.78 is 5.64. The molecule has 2 atom stereocenters. The van der Waals surface area contributed by atoms with Crippen LogP contribution in [0.15, 0.2) is 12.4 Å². The molecule has 1 aromatic heterocycles. The van der Waals surface area contributed by atoms with Crippen molar-refractivity contribution in [2.24, 2.45) is 11.8 Å². The zero-order chi connectivity index (χ0) is 18.7. The van der Waals surface area contributed by atoms with Crippen molar-refractivity contribution in [3.05, 3.63) is 23.2 Å². The molecule has 6 nitrogen and oxygen atoms in total. The number of piperidine rings is 2. The van der Waals surface area contributed by atoms with Gasteiger partial charge in [0.1, 0.15) is 17.1 Å². The number of aromatic nitrogens is 2. The highest BCUT2D eigenvalue weighted by Gasteiger charge is 2.38. The maximum absolute atomic E-state index is 12.8. The van der Waals surface area contributed by atoms with Crippen LogP contribution < -0.4 is 5.32 Å². The molecule has 1 N–H and O–H groups in total. The summed E-state index contributed by atoms with van der Waals surface area (Å²) >= 11 is 6.09. The number of likely N-dealkylation sites (tertiary alicyclic amines) is 1. The second kappa shape index (κ2) is 8.09. The molecule has 0 saturated carbocycles. The van der Waals surface area contributed by atoms with E-state index in [1.54, 1.807) is 6.07 Å². The van der Waals surface area contributed by atoms with Crippen LogP contribution in [-0.4, -0.2) is 46.2 Å². The predicted octanol–water partition coefficient (Wildman–Crippen LogP) is 3.82. The van der Waals surface area contributed by atoms with Crippen LogP contribution in [0.25, 0.3) is 0 Å². The molecule has 2 aliphatic heterocycles. The third kappa shape index (κ3) is 4.86. The van der Waals surface area contributed by atoms with Crippen molar-refractivity contribution in [3.8, 4) is 0 Å². The molecule has 1 amide bonds. The van der Waals surface area contributed by atoms with Crippen LogP contribution in [-0.2, 0) is 4.74 Å². The van der Waals surface area contributed by atoms with E-state index in [4.69, 9.17) is 16.3 Å². The normalized spacial score (nSPS) is 25.2. The molecule has 144 valence electrons. The smallest absolute Gasteiger partial charge is 0.410 e. The standard InChI is InChI=1S/C19H29ClN4O2/c1-19(2,3)26-18(25)24-9-6-14(13-4-7-21-8-5-13)10-16(24)15-11-17(20)23-12-22-15/h11-14,16,21H,4-10H2,1-3H3/t14?,16-/m1/s1. The van der Waals surface area contributed by atoms with Crippen LogP contribution in [0.1, 0.15) is 58.2 Å². The molecule has 3 rings (SSSR count). The summed E-state index contributed by atoms with van der Waals surface area (Å²) in [5.41, 5.74) is 0.283. The molecule has 2 fully saturated rings. The Morgan fingerprint density at radius 3 is 2.62 bits per heavy atom. The van der Waals surface area contributed by atoms with E-state index in [0.717, 1.165) is 31.6 Å². The summed E-state index contributed by atoms with van der Waals surface area (Å²) in [7, 11) is 0. The molecule has 1 unspecified atom stereocenters. The maximum atomic E-state index is 12.8. The second-order valence-electron chi connectivity index (χ2n) is 8.33. The number of rotatable bonds is 2. The molecule has 3 heterocycles. The van der Waals surface area contributed by atoms with Crippen molar-refractivity contribution in [1.29, 1.82) is 0 Å². The lowest BCUT2D eigenvalue weighted by atomic mass is 9.76. The fraction of sp³-hybridized carbons (Fsp3) is 0.737. The van der Waals surface area contributed by atoms with E-state index in [0.29, 0.717) is 23.5 Å². The van der Waals surface area contributed by atoms with Crippen molar-refractivity contribution in [3.63, 3.8) is 0 Å². The largest absolute Gasteiger partial charge is 0.444 e. The quantitative estimate of drug-likeness (QED) is 0.790. The van der Waals surface area contributed by atoms with Gasteiger partial charge < -0.3 is 10.1 Å². The first kappa shape index (κ1) is 19.4. The molecular weight excluding hydrogens is 352 g/mol. The topological polar surface area (TPSA) is 67.3 Å². The third-order valence-corrected chi connectivity index (χ3v) is 5.52. The number of amides is 1. The number of carbonyl (C=O) groups excluding carboxylic acids is 1. The van der Waals surface area contributed by atoms with Gasteiger partial charge in [0.2, 0.25) is 0 Å². The van der Waals surface area contributed by atoms with Gasteiger partial charge in [-0.15, -0.1) is 0 Å². The maximum Gasteiger partial charge on any atom is 0.410 e. The minimum atomic E-state index is -0.517. The van der Waals surface area contributed by atoms with Crippen LogP contribution in [0.3, 0.4) is 0 Å². The van der Waals surface area contributed by atoms with Gasteiger partial charge in [0.25, 0.3) is 0 Å². The first-order valence-corrected chi connectivity index (χ1v) is 9.89. The number of halogens is 1. The summed E-state index contributed by atoms with van der Waals surface area (Å²) in [4.78, 5) is 23.0. The Morgan fingerprint density at radius 1 is 1.23 bits per heavy atom. The Kier molecular flexibility index (Phi) is 6.03. The van der Waals surface area contributed by atoms with Crippen LogP contribution in [0.5, 0.6) is 0 Å². The number of nitrogens with zero attached hydrogens (tertiary/aromatic N) is 3. The van der Waals surface area contributed by atoms with Crippen molar-refractivity contribution < 1.29 is 9.53 Å². The second-order valence-corrected chi connectivity index (χ2v) is 8.71. The Labute approximate surface area is 160 Å². The molecular formula is C19H29ClN4O2. The lowest BCUT2D eigenvalue weighted by Crippen LogP contribution is -2.46. The molecule has 0 aliphatic carbocycles. The van der Waals surface area contributed by atoms with E-state index in [1.807, 2.05) is 25.7 Å². The Hall–Kier alpha value is -1.40. The van der Waals surface area contributed by atoms with Crippen molar-refractivity contribution in [1.82, 2.24) is 20.2 Å². The van der Waals surface area contributed by atoms with Crippen molar-refractivity contribution >= 4 is 17.7 Å². The molecule has 0 aromatic carbocycles. The fourth-order valence-corrected chi connectivity index (χ4v) is 4.24. The molecule has 1 aromatic rings. The molecule has 26 heavy (non-hydrogen) atoms. The molecule has 0 spiro atoms. The lowest BCUT2D eigenvalue weighted by molar-refractivity contribution is -0.00181. The van der Waals surface area contributed by atoms with Crippen LogP contribution in [0.4, 0.5) is 4.79 Å². The summed E-state index contributed by atoms with van der Waals surface area (Å²) in [6, 6.07) is 1.66. The molecule has 0 radical (unpaired) electrons. The van der Waals surface area contributed by atoms with E-state index < -0.39 is 5.60 Å². The summed E-state index contributed by atoms with van der Waals surface area (Å²) in [5.74, 6) is 1.30. The Balaban J connectivity index is 1.81. The van der Waals surface area contributed by atoms with E-state index in [2.05, 4.69) is 15.3 Å². The predicted molar refractivity (Wildman–Crippen MR) is 101 cm³/mol. The number of nitrogens with one attached hydrogen (secondary N) is 1. The Bertz CT molecular complexity index is 628. The van der Waals surface area contributed by atoms with Crippen molar-refractivity contribution in [2.75, 3.05) is 19.6 Å². The highest BCUT2D eigenvalue weighted by Crippen LogP contribution is 2.40.